The SMILES string of the molecule is CC(C)(C)[S@@](=O)N=CC1(c2ccc(Cl)c(Cl)c2)CCCCC1. The first-order chi connectivity index (χ1) is 10.2. The van der Waals surface area contributed by atoms with Crippen molar-refractivity contribution in [1.29, 1.82) is 0 Å². The fourth-order valence-corrected chi connectivity index (χ4v) is 3.70. The second-order valence-corrected chi connectivity index (χ2v) is 9.69. The van der Waals surface area contributed by atoms with Crippen molar-refractivity contribution in [1.82, 2.24) is 0 Å². The molecule has 0 heterocycles. The summed E-state index contributed by atoms with van der Waals surface area (Å²) in [7, 11) is -1.24. The Balaban J connectivity index is 2.38. The molecule has 1 aromatic carbocycles. The summed E-state index contributed by atoms with van der Waals surface area (Å²) in [6.45, 7) is 5.81. The Morgan fingerprint density at radius 3 is 2.32 bits per heavy atom. The molecule has 0 bridgehead atoms. The van der Waals surface area contributed by atoms with Crippen molar-refractivity contribution in [2.75, 3.05) is 0 Å². The summed E-state index contributed by atoms with van der Waals surface area (Å²) in [6, 6.07) is 5.79. The molecular formula is C17H23Cl2NOS. The van der Waals surface area contributed by atoms with Crippen molar-refractivity contribution in [2.24, 2.45) is 4.40 Å². The maximum atomic E-state index is 12.3. The van der Waals surface area contributed by atoms with Crippen LogP contribution in [-0.4, -0.2) is 15.2 Å². The summed E-state index contributed by atoms with van der Waals surface area (Å²) < 4.78 is 16.3. The fraction of sp³-hybridized carbons (Fsp3) is 0.588. The van der Waals surface area contributed by atoms with Gasteiger partial charge in [0.1, 0.15) is 11.0 Å². The molecule has 0 unspecified atom stereocenters. The molecule has 0 spiro atoms. The van der Waals surface area contributed by atoms with Crippen molar-refractivity contribution in [2.45, 2.75) is 63.0 Å². The molecule has 5 heteroatoms. The van der Waals surface area contributed by atoms with E-state index in [0.717, 1.165) is 31.2 Å². The van der Waals surface area contributed by atoms with E-state index < -0.39 is 11.0 Å². The number of hydrogen-bond donors (Lipinski definition) is 0. The number of rotatable bonds is 3. The van der Waals surface area contributed by atoms with Gasteiger partial charge in [0.2, 0.25) is 0 Å². The number of halogens is 2. The van der Waals surface area contributed by atoms with Crippen LogP contribution in [0.2, 0.25) is 10.0 Å². The smallest absolute Gasteiger partial charge is 0.144 e. The van der Waals surface area contributed by atoms with Crippen LogP contribution in [0.15, 0.2) is 22.6 Å². The van der Waals surface area contributed by atoms with Gasteiger partial charge in [0.05, 0.1) is 14.8 Å². The van der Waals surface area contributed by atoms with Crippen LogP contribution >= 0.6 is 23.2 Å². The molecule has 0 N–H and O–H groups in total. The zero-order valence-corrected chi connectivity index (χ0v) is 15.7. The Labute approximate surface area is 145 Å². The lowest BCUT2D eigenvalue weighted by Gasteiger charge is -2.34. The minimum atomic E-state index is -1.24. The molecule has 0 aliphatic heterocycles. The molecule has 0 aromatic heterocycles. The van der Waals surface area contributed by atoms with Crippen LogP contribution in [0.1, 0.15) is 58.4 Å². The van der Waals surface area contributed by atoms with Crippen molar-refractivity contribution >= 4 is 40.4 Å². The van der Waals surface area contributed by atoms with Gasteiger partial charge < -0.3 is 0 Å². The topological polar surface area (TPSA) is 29.4 Å². The largest absolute Gasteiger partial charge is 0.234 e. The number of hydrogen-bond acceptors (Lipinski definition) is 1. The molecule has 0 saturated heterocycles. The van der Waals surface area contributed by atoms with Crippen molar-refractivity contribution in [3.63, 3.8) is 0 Å². The summed E-state index contributed by atoms with van der Waals surface area (Å²) in [6.07, 6.45) is 7.46. The van der Waals surface area contributed by atoms with Crippen LogP contribution in [0.25, 0.3) is 0 Å². The maximum absolute atomic E-state index is 12.3. The third-order valence-electron chi connectivity index (χ3n) is 4.16. The molecule has 1 saturated carbocycles. The van der Waals surface area contributed by atoms with Gasteiger partial charge in [-0.2, -0.15) is 4.40 Å². The Morgan fingerprint density at radius 2 is 1.77 bits per heavy atom. The average molecular weight is 360 g/mol. The Kier molecular flexibility index (Phi) is 5.73. The van der Waals surface area contributed by atoms with E-state index in [-0.39, 0.29) is 10.2 Å². The molecule has 0 amide bonds. The summed E-state index contributed by atoms with van der Waals surface area (Å²) in [5, 5.41) is 1.13. The van der Waals surface area contributed by atoms with Crippen LogP contribution in [0.4, 0.5) is 0 Å². The summed E-state index contributed by atoms with van der Waals surface area (Å²) >= 11 is 12.2. The highest BCUT2D eigenvalue weighted by molar-refractivity contribution is 7.85. The van der Waals surface area contributed by atoms with Gasteiger partial charge in [0.25, 0.3) is 0 Å². The predicted molar refractivity (Wildman–Crippen MR) is 97.6 cm³/mol. The van der Waals surface area contributed by atoms with Crippen molar-refractivity contribution in [3.05, 3.63) is 33.8 Å². The molecule has 22 heavy (non-hydrogen) atoms. The zero-order valence-electron chi connectivity index (χ0n) is 13.4. The molecule has 1 aromatic rings. The van der Waals surface area contributed by atoms with Gasteiger partial charge >= 0.3 is 0 Å². The van der Waals surface area contributed by atoms with E-state index in [0.29, 0.717) is 10.0 Å². The molecule has 0 radical (unpaired) electrons. The van der Waals surface area contributed by atoms with Gasteiger partial charge in [-0.15, -0.1) is 0 Å². The average Bonchev–Trinajstić information content (AvgIpc) is 2.47. The lowest BCUT2D eigenvalue weighted by Crippen LogP contribution is -2.32. The molecule has 122 valence electrons. The van der Waals surface area contributed by atoms with E-state index in [1.807, 2.05) is 45.2 Å². The number of benzene rings is 1. The summed E-state index contributed by atoms with van der Waals surface area (Å²) in [5.41, 5.74) is 0.948. The first kappa shape index (κ1) is 18.0. The van der Waals surface area contributed by atoms with Gasteiger partial charge in [0.15, 0.2) is 0 Å². The standard InChI is InChI=1S/C17H23Cl2NOS/c1-16(2,3)22(21)20-12-17(9-5-4-6-10-17)13-7-8-14(18)15(19)11-13/h7-8,11-12H,4-6,9-10H2,1-3H3/t22-/m1/s1. The Morgan fingerprint density at radius 1 is 1.14 bits per heavy atom. The monoisotopic (exact) mass is 359 g/mol. The van der Waals surface area contributed by atoms with E-state index >= 15 is 0 Å². The Hall–Kier alpha value is -0.380. The first-order valence-corrected chi connectivity index (χ1v) is 9.54. The molecule has 1 atom stereocenters. The third kappa shape index (κ3) is 4.12. The molecular weight excluding hydrogens is 337 g/mol. The first-order valence-electron chi connectivity index (χ1n) is 7.67. The lowest BCUT2D eigenvalue weighted by molar-refractivity contribution is 0.387. The highest BCUT2D eigenvalue weighted by atomic mass is 35.5. The second kappa shape index (κ2) is 7.02. The van der Waals surface area contributed by atoms with E-state index in [1.54, 1.807) is 0 Å². The fourth-order valence-electron chi connectivity index (χ4n) is 2.79. The summed E-state index contributed by atoms with van der Waals surface area (Å²) in [5.74, 6) is 0. The second-order valence-electron chi connectivity index (χ2n) is 6.94. The van der Waals surface area contributed by atoms with Crippen molar-refractivity contribution in [3.8, 4) is 0 Å². The lowest BCUT2D eigenvalue weighted by atomic mass is 9.70. The third-order valence-corrected chi connectivity index (χ3v) is 6.24. The van der Waals surface area contributed by atoms with Gasteiger partial charge in [-0.05, 0) is 51.3 Å². The predicted octanol–water partition coefficient (Wildman–Crippen LogP) is 5.73. The molecule has 1 fully saturated rings. The quantitative estimate of drug-likeness (QED) is 0.633. The van der Waals surface area contributed by atoms with Crippen LogP contribution in [0, 0.1) is 0 Å². The zero-order chi connectivity index (χ0) is 16.4. The minimum absolute atomic E-state index is 0.173. The minimum Gasteiger partial charge on any atom is -0.234 e. The normalized spacial score (nSPS) is 20.2. The molecule has 2 nitrogen and oxygen atoms in total. The highest BCUT2D eigenvalue weighted by Crippen LogP contribution is 2.40. The van der Waals surface area contributed by atoms with Gasteiger partial charge in [-0.1, -0.05) is 48.5 Å². The van der Waals surface area contributed by atoms with Gasteiger partial charge in [-0.25, -0.2) is 4.21 Å². The van der Waals surface area contributed by atoms with Crippen LogP contribution in [0.3, 0.4) is 0 Å². The van der Waals surface area contributed by atoms with Crippen molar-refractivity contribution < 1.29 is 4.21 Å². The summed E-state index contributed by atoms with van der Waals surface area (Å²) in [4.78, 5) is 0. The van der Waals surface area contributed by atoms with E-state index in [9.17, 15) is 4.21 Å². The number of nitrogens with zero attached hydrogens (tertiary/aromatic N) is 1. The maximum Gasteiger partial charge on any atom is 0.144 e. The van der Waals surface area contributed by atoms with Crippen LogP contribution in [0.5, 0.6) is 0 Å². The van der Waals surface area contributed by atoms with Crippen LogP contribution in [-0.2, 0) is 16.4 Å². The molecule has 1 aliphatic rings. The van der Waals surface area contributed by atoms with E-state index in [2.05, 4.69) is 4.40 Å². The van der Waals surface area contributed by atoms with Gasteiger partial charge in [0, 0.05) is 11.6 Å². The molecule has 2 rings (SSSR count). The molecule has 1 aliphatic carbocycles. The highest BCUT2D eigenvalue weighted by Gasteiger charge is 2.33. The van der Waals surface area contributed by atoms with E-state index in [4.69, 9.17) is 23.2 Å². The Bertz CT molecular complexity index is 587. The van der Waals surface area contributed by atoms with E-state index in [1.165, 1.54) is 6.42 Å². The van der Waals surface area contributed by atoms with Gasteiger partial charge in [-0.3, -0.25) is 0 Å². The van der Waals surface area contributed by atoms with Crippen LogP contribution < -0.4 is 0 Å².